The quantitative estimate of drug-likeness (QED) is 0.499. The average Bonchev–Trinajstić information content (AvgIpc) is 2.71. The van der Waals surface area contributed by atoms with E-state index in [1.54, 1.807) is 13.0 Å². The molecule has 2 atom stereocenters. The van der Waals surface area contributed by atoms with Crippen molar-refractivity contribution in [2.24, 2.45) is 5.92 Å². The lowest BCUT2D eigenvalue weighted by atomic mass is 9.97. The van der Waals surface area contributed by atoms with Crippen LogP contribution >= 0.6 is 0 Å². The van der Waals surface area contributed by atoms with Gasteiger partial charge in [0.25, 0.3) is 0 Å². The molecule has 2 aromatic carbocycles. The molecule has 0 aliphatic carbocycles. The molecule has 3 N–H and O–H groups in total. The largest absolute Gasteiger partial charge is 0.481 e. The summed E-state index contributed by atoms with van der Waals surface area (Å²) >= 11 is 0. The van der Waals surface area contributed by atoms with Crippen LogP contribution in [0.4, 0.5) is 4.79 Å². The maximum Gasteiger partial charge on any atom is 0.336 e. The van der Waals surface area contributed by atoms with Crippen LogP contribution in [0, 0.1) is 5.92 Å². The third-order valence-corrected chi connectivity index (χ3v) is 4.70. The van der Waals surface area contributed by atoms with E-state index in [1.807, 2.05) is 50.2 Å². The molecule has 0 saturated carbocycles. The topological polar surface area (TPSA) is 116 Å². The third kappa shape index (κ3) is 6.96. The van der Waals surface area contributed by atoms with Gasteiger partial charge < -0.3 is 25.2 Å². The molecule has 2 aromatic rings. The summed E-state index contributed by atoms with van der Waals surface area (Å²) in [6, 6.07) is 11.7. The number of carbonyl (C=O) groups excluding carboxylic acids is 2. The summed E-state index contributed by atoms with van der Waals surface area (Å²) in [5, 5.41) is 24.1. The van der Waals surface area contributed by atoms with E-state index in [2.05, 4.69) is 5.32 Å². The zero-order valence-corrected chi connectivity index (χ0v) is 18.1. The normalized spacial score (nSPS) is 12.9. The molecule has 0 saturated heterocycles. The fourth-order valence-electron chi connectivity index (χ4n) is 3.41. The number of aliphatic hydroxyl groups excluding tert-OH is 1. The van der Waals surface area contributed by atoms with Crippen LogP contribution in [-0.4, -0.2) is 58.9 Å². The van der Waals surface area contributed by atoms with E-state index in [4.69, 9.17) is 4.74 Å². The van der Waals surface area contributed by atoms with Gasteiger partial charge in [0.05, 0.1) is 25.6 Å². The SMILES string of the molecule is CCOC(=O)C(O)CN(CC(C)C)C(=O)NC(CC(=O)O)c1cccc2ccccc12. The molecule has 8 nitrogen and oxygen atoms in total. The van der Waals surface area contributed by atoms with Crippen molar-refractivity contribution in [3.8, 4) is 0 Å². The number of hydrogen-bond acceptors (Lipinski definition) is 5. The standard InChI is InChI=1S/C23H30N2O6/c1-4-31-22(29)20(26)14-25(13-15(2)3)23(30)24-19(12-21(27)28)18-11-7-9-16-8-5-6-10-17(16)18/h5-11,15,19-20,26H,4,12-14H2,1-3H3,(H,24,30)(H,27,28). The second kappa shape index (κ2) is 11.3. The van der Waals surface area contributed by atoms with Crippen LogP contribution in [0.2, 0.25) is 0 Å². The number of benzene rings is 2. The number of aliphatic carboxylic acids is 1. The molecule has 0 aromatic heterocycles. The molecule has 31 heavy (non-hydrogen) atoms. The molecule has 0 spiro atoms. The Labute approximate surface area is 181 Å². The molecular weight excluding hydrogens is 400 g/mol. The number of carboxylic acid groups (broad SMARTS) is 1. The number of aliphatic hydroxyl groups is 1. The molecule has 0 fully saturated rings. The van der Waals surface area contributed by atoms with Gasteiger partial charge in [0.1, 0.15) is 0 Å². The summed E-state index contributed by atoms with van der Waals surface area (Å²) in [6.45, 7) is 5.57. The molecule has 2 rings (SSSR count). The first-order valence-electron chi connectivity index (χ1n) is 10.3. The maximum absolute atomic E-state index is 13.1. The Hall–Kier alpha value is -3.13. The van der Waals surface area contributed by atoms with Crippen LogP contribution in [0.25, 0.3) is 10.8 Å². The molecule has 0 radical (unpaired) electrons. The van der Waals surface area contributed by atoms with Crippen molar-refractivity contribution in [3.63, 3.8) is 0 Å². The van der Waals surface area contributed by atoms with Gasteiger partial charge in [0.15, 0.2) is 6.10 Å². The number of nitrogens with one attached hydrogen (secondary N) is 1. The smallest absolute Gasteiger partial charge is 0.336 e. The van der Waals surface area contributed by atoms with E-state index >= 15 is 0 Å². The Bertz CT molecular complexity index is 909. The second-order valence-electron chi connectivity index (χ2n) is 7.73. The first-order chi connectivity index (χ1) is 14.7. The number of ether oxygens (including phenoxy) is 1. The minimum Gasteiger partial charge on any atom is -0.481 e. The number of fused-ring (bicyclic) bond motifs is 1. The predicted octanol–water partition coefficient (Wildman–Crippen LogP) is 2.95. The van der Waals surface area contributed by atoms with Gasteiger partial charge >= 0.3 is 18.0 Å². The van der Waals surface area contributed by atoms with Gasteiger partial charge in [-0.15, -0.1) is 0 Å². The summed E-state index contributed by atoms with van der Waals surface area (Å²) in [4.78, 5) is 37.7. The van der Waals surface area contributed by atoms with Crippen molar-refractivity contribution in [1.82, 2.24) is 10.2 Å². The van der Waals surface area contributed by atoms with Gasteiger partial charge in [-0.3, -0.25) is 4.79 Å². The predicted molar refractivity (Wildman–Crippen MR) is 117 cm³/mol. The second-order valence-corrected chi connectivity index (χ2v) is 7.73. The zero-order chi connectivity index (χ0) is 23.0. The molecular formula is C23H30N2O6. The summed E-state index contributed by atoms with van der Waals surface area (Å²) in [5.74, 6) is -1.80. The fraction of sp³-hybridized carbons (Fsp3) is 0.435. The number of carbonyl (C=O) groups is 3. The monoisotopic (exact) mass is 430 g/mol. The van der Waals surface area contributed by atoms with E-state index in [0.717, 1.165) is 10.8 Å². The number of carboxylic acids is 1. The molecule has 168 valence electrons. The van der Waals surface area contributed by atoms with Crippen LogP contribution in [0.15, 0.2) is 42.5 Å². The lowest BCUT2D eigenvalue weighted by Gasteiger charge is -2.29. The molecule has 8 heteroatoms. The Morgan fingerprint density at radius 3 is 2.39 bits per heavy atom. The van der Waals surface area contributed by atoms with E-state index in [1.165, 1.54) is 4.90 Å². The number of esters is 1. The Morgan fingerprint density at radius 2 is 1.74 bits per heavy atom. The molecule has 0 heterocycles. The number of urea groups is 1. The highest BCUT2D eigenvalue weighted by Gasteiger charge is 2.27. The molecule has 0 bridgehead atoms. The Kier molecular flexibility index (Phi) is 8.81. The average molecular weight is 431 g/mol. The highest BCUT2D eigenvalue weighted by Crippen LogP contribution is 2.26. The Balaban J connectivity index is 2.29. The first kappa shape index (κ1) is 24.1. The highest BCUT2D eigenvalue weighted by molar-refractivity contribution is 5.87. The van der Waals surface area contributed by atoms with Crippen molar-refractivity contribution < 1.29 is 29.3 Å². The third-order valence-electron chi connectivity index (χ3n) is 4.70. The van der Waals surface area contributed by atoms with E-state index < -0.39 is 30.1 Å². The lowest BCUT2D eigenvalue weighted by Crippen LogP contribution is -2.48. The zero-order valence-electron chi connectivity index (χ0n) is 18.1. The van der Waals surface area contributed by atoms with E-state index in [9.17, 15) is 24.6 Å². The van der Waals surface area contributed by atoms with Gasteiger partial charge in [0.2, 0.25) is 0 Å². The number of rotatable bonds is 10. The highest BCUT2D eigenvalue weighted by atomic mass is 16.5. The first-order valence-corrected chi connectivity index (χ1v) is 10.3. The van der Waals surface area contributed by atoms with Crippen LogP contribution in [0.1, 0.15) is 38.8 Å². The van der Waals surface area contributed by atoms with Gasteiger partial charge in [-0.05, 0) is 29.2 Å². The Morgan fingerprint density at radius 1 is 1.06 bits per heavy atom. The summed E-state index contributed by atoms with van der Waals surface area (Å²) in [5.41, 5.74) is 0.685. The van der Waals surface area contributed by atoms with Crippen molar-refractivity contribution in [1.29, 1.82) is 0 Å². The van der Waals surface area contributed by atoms with Crippen LogP contribution < -0.4 is 5.32 Å². The number of amides is 2. The molecule has 2 amide bonds. The van der Waals surface area contributed by atoms with E-state index in [0.29, 0.717) is 5.56 Å². The van der Waals surface area contributed by atoms with Gasteiger partial charge in [-0.25, -0.2) is 9.59 Å². The lowest BCUT2D eigenvalue weighted by molar-refractivity contribution is -0.153. The summed E-state index contributed by atoms with van der Waals surface area (Å²) in [6.07, 6.45) is -1.80. The number of hydrogen-bond donors (Lipinski definition) is 3. The summed E-state index contributed by atoms with van der Waals surface area (Å²) in [7, 11) is 0. The van der Waals surface area contributed by atoms with Gasteiger partial charge in [-0.1, -0.05) is 56.3 Å². The van der Waals surface area contributed by atoms with Crippen LogP contribution in [-0.2, 0) is 14.3 Å². The summed E-state index contributed by atoms with van der Waals surface area (Å²) < 4.78 is 4.82. The van der Waals surface area contributed by atoms with Crippen molar-refractivity contribution in [2.45, 2.75) is 39.3 Å². The molecule has 2 unspecified atom stereocenters. The van der Waals surface area contributed by atoms with Gasteiger partial charge in [0, 0.05) is 6.54 Å². The van der Waals surface area contributed by atoms with Crippen molar-refractivity contribution >= 4 is 28.7 Å². The van der Waals surface area contributed by atoms with Gasteiger partial charge in [-0.2, -0.15) is 0 Å². The van der Waals surface area contributed by atoms with Crippen LogP contribution in [0.3, 0.4) is 0 Å². The van der Waals surface area contributed by atoms with Crippen LogP contribution in [0.5, 0.6) is 0 Å². The maximum atomic E-state index is 13.1. The van der Waals surface area contributed by atoms with E-state index in [-0.39, 0.29) is 32.0 Å². The minimum absolute atomic E-state index is 0.0654. The minimum atomic E-state index is -1.49. The van der Waals surface area contributed by atoms with Crippen molar-refractivity contribution in [3.05, 3.63) is 48.0 Å². The molecule has 0 aliphatic heterocycles. The van der Waals surface area contributed by atoms with Crippen molar-refractivity contribution in [2.75, 3.05) is 19.7 Å². The fourth-order valence-corrected chi connectivity index (χ4v) is 3.41. The number of nitrogens with zero attached hydrogens (tertiary/aromatic N) is 1. The molecule has 0 aliphatic rings.